The summed E-state index contributed by atoms with van der Waals surface area (Å²) in [5.74, 6) is 0.192. The second kappa shape index (κ2) is 8.23. The molecule has 1 aromatic rings. The Kier molecular flexibility index (Phi) is 7.79. The first-order chi connectivity index (χ1) is 7.61. The van der Waals surface area contributed by atoms with E-state index in [-0.39, 0.29) is 24.2 Å². The number of rotatable bonds is 6. The largest absolute Gasteiger partial charge is 1.00 e. The third-order valence-electron chi connectivity index (χ3n) is 2.67. The number of hydrogen-bond acceptors (Lipinski definition) is 2. The van der Waals surface area contributed by atoms with Gasteiger partial charge in [0, 0.05) is 0 Å². The highest BCUT2D eigenvalue weighted by molar-refractivity contribution is 5.75. The fourth-order valence-electron chi connectivity index (χ4n) is 1.63. The van der Waals surface area contributed by atoms with Gasteiger partial charge in [0.15, 0.2) is 0 Å². The van der Waals surface area contributed by atoms with E-state index in [0.29, 0.717) is 6.42 Å². The lowest BCUT2D eigenvalue weighted by molar-refractivity contribution is -0.693. The van der Waals surface area contributed by atoms with Crippen molar-refractivity contribution in [2.75, 3.05) is 6.54 Å². The van der Waals surface area contributed by atoms with Crippen LogP contribution in [0, 0.1) is 0 Å². The van der Waals surface area contributed by atoms with Crippen molar-refractivity contribution in [2.24, 2.45) is 0 Å². The van der Waals surface area contributed by atoms with Crippen molar-refractivity contribution >= 4 is 5.78 Å². The molecule has 0 aromatic heterocycles. The molecule has 17 heavy (non-hydrogen) atoms. The third-order valence-corrected chi connectivity index (χ3v) is 2.67. The zero-order valence-corrected chi connectivity index (χ0v) is 11.0. The molecule has 1 aromatic carbocycles. The second-order valence-corrected chi connectivity index (χ2v) is 4.19. The van der Waals surface area contributed by atoms with Crippen LogP contribution in [0.25, 0.3) is 0 Å². The van der Waals surface area contributed by atoms with E-state index >= 15 is 0 Å². The van der Waals surface area contributed by atoms with Crippen molar-refractivity contribution in [3.63, 3.8) is 0 Å². The van der Waals surface area contributed by atoms with Gasteiger partial charge in [0.2, 0.25) is 0 Å². The van der Waals surface area contributed by atoms with Gasteiger partial charge in [-0.3, -0.25) is 4.79 Å². The number of benzene rings is 1. The molecule has 0 heterocycles. The van der Waals surface area contributed by atoms with Crippen LogP contribution < -0.4 is 17.7 Å². The highest BCUT2D eigenvalue weighted by Crippen LogP contribution is 2.13. The van der Waals surface area contributed by atoms with Crippen LogP contribution in [-0.2, 0) is 4.79 Å². The van der Waals surface area contributed by atoms with Crippen LogP contribution in [0.4, 0.5) is 0 Å². The van der Waals surface area contributed by atoms with E-state index in [1.807, 2.05) is 42.6 Å². The van der Waals surface area contributed by atoms with Gasteiger partial charge in [0.05, 0.1) is 13.0 Å². The van der Waals surface area contributed by atoms with Gasteiger partial charge in [-0.2, -0.15) is 0 Å². The lowest BCUT2D eigenvalue weighted by Crippen LogP contribution is -3.00. The minimum atomic E-state index is -0.479. The molecular weight excluding hydrogens is 238 g/mol. The Morgan fingerprint density at radius 1 is 1.35 bits per heavy atom. The summed E-state index contributed by atoms with van der Waals surface area (Å²) in [5.41, 5.74) is 0.925. The molecule has 0 amide bonds. The highest BCUT2D eigenvalue weighted by Gasteiger charge is 2.18. The Morgan fingerprint density at radius 2 is 1.94 bits per heavy atom. The summed E-state index contributed by atoms with van der Waals surface area (Å²) in [6.07, 6.45) is 0.0828. The molecule has 4 heteroatoms. The number of halogens is 1. The van der Waals surface area contributed by atoms with Crippen LogP contribution in [-0.4, -0.2) is 23.5 Å². The maximum absolute atomic E-state index is 10.8. The quantitative estimate of drug-likeness (QED) is 0.600. The third kappa shape index (κ3) is 5.82. The molecule has 0 bridgehead atoms. The molecule has 1 rings (SSSR count). The van der Waals surface area contributed by atoms with Gasteiger partial charge in [0.1, 0.15) is 17.9 Å². The van der Waals surface area contributed by atoms with E-state index < -0.39 is 6.10 Å². The average Bonchev–Trinajstić information content (AvgIpc) is 2.28. The Hall–Kier alpha value is -0.900. The molecule has 0 saturated heterocycles. The van der Waals surface area contributed by atoms with Crippen molar-refractivity contribution in [2.45, 2.75) is 32.4 Å². The molecule has 3 N–H and O–H groups in total. The molecular formula is C13H20ClNO2. The zero-order valence-electron chi connectivity index (χ0n) is 10.3. The van der Waals surface area contributed by atoms with E-state index in [1.165, 1.54) is 0 Å². The summed E-state index contributed by atoms with van der Waals surface area (Å²) in [6, 6.07) is 9.67. The van der Waals surface area contributed by atoms with E-state index in [9.17, 15) is 9.90 Å². The van der Waals surface area contributed by atoms with Crippen molar-refractivity contribution in [3.8, 4) is 0 Å². The lowest BCUT2D eigenvalue weighted by atomic mass is 10.0. The standard InChI is InChI=1S/C13H19NO2.ClH/c1-10(15)8-9-14-11(2)13(16)12-6-4-3-5-7-12;/h3-7,11,13-14,16H,8-9H2,1-2H3;1H. The Labute approximate surface area is 109 Å². The van der Waals surface area contributed by atoms with Crippen molar-refractivity contribution in [3.05, 3.63) is 35.9 Å². The molecule has 0 radical (unpaired) electrons. The number of carbonyl (C=O) groups is 1. The van der Waals surface area contributed by atoms with Crippen LogP contribution in [0.1, 0.15) is 31.9 Å². The van der Waals surface area contributed by atoms with Gasteiger partial charge in [0.25, 0.3) is 0 Å². The zero-order chi connectivity index (χ0) is 12.0. The topological polar surface area (TPSA) is 53.9 Å². The van der Waals surface area contributed by atoms with Crippen molar-refractivity contribution in [1.29, 1.82) is 0 Å². The molecule has 0 aliphatic carbocycles. The summed E-state index contributed by atoms with van der Waals surface area (Å²) < 4.78 is 0. The predicted molar refractivity (Wildman–Crippen MR) is 63.0 cm³/mol. The van der Waals surface area contributed by atoms with Gasteiger partial charge in [-0.05, 0) is 19.4 Å². The van der Waals surface area contributed by atoms with Crippen molar-refractivity contribution < 1.29 is 27.6 Å². The van der Waals surface area contributed by atoms with E-state index in [1.54, 1.807) is 6.92 Å². The fraction of sp³-hybridized carbons (Fsp3) is 0.462. The number of aliphatic hydroxyl groups excluding tert-OH is 1. The maximum Gasteiger partial charge on any atom is 0.135 e. The van der Waals surface area contributed by atoms with E-state index in [2.05, 4.69) is 0 Å². The molecule has 96 valence electrons. The fourth-order valence-corrected chi connectivity index (χ4v) is 1.63. The minimum absolute atomic E-state index is 0. The molecule has 0 aliphatic heterocycles. The van der Waals surface area contributed by atoms with Gasteiger partial charge in [-0.25, -0.2) is 0 Å². The second-order valence-electron chi connectivity index (χ2n) is 4.19. The van der Waals surface area contributed by atoms with Crippen LogP contribution in [0.15, 0.2) is 30.3 Å². The van der Waals surface area contributed by atoms with E-state index in [4.69, 9.17) is 0 Å². The first kappa shape index (κ1) is 16.1. The number of nitrogens with two attached hydrogens (primary N) is 1. The van der Waals surface area contributed by atoms with Crippen LogP contribution in [0.5, 0.6) is 0 Å². The first-order valence-electron chi connectivity index (χ1n) is 5.67. The summed E-state index contributed by atoms with van der Waals surface area (Å²) in [5, 5.41) is 12.1. The van der Waals surface area contributed by atoms with Crippen LogP contribution >= 0.6 is 0 Å². The minimum Gasteiger partial charge on any atom is -1.00 e. The summed E-state index contributed by atoms with van der Waals surface area (Å²) in [6.45, 7) is 4.30. The number of Topliss-reactive ketones (excluding diaryl/α,β-unsaturated/α-hetero) is 1. The van der Waals surface area contributed by atoms with Gasteiger partial charge in [-0.1, -0.05) is 30.3 Å². The first-order valence-corrected chi connectivity index (χ1v) is 5.67. The maximum atomic E-state index is 10.8. The highest BCUT2D eigenvalue weighted by atomic mass is 35.5. The van der Waals surface area contributed by atoms with Gasteiger partial charge in [-0.15, -0.1) is 0 Å². The smallest absolute Gasteiger partial charge is 0.135 e. The number of quaternary nitrogens is 1. The molecule has 0 saturated carbocycles. The van der Waals surface area contributed by atoms with Crippen molar-refractivity contribution in [1.82, 2.24) is 0 Å². The van der Waals surface area contributed by atoms with Gasteiger partial charge >= 0.3 is 0 Å². The summed E-state index contributed by atoms with van der Waals surface area (Å²) >= 11 is 0. The molecule has 2 atom stereocenters. The van der Waals surface area contributed by atoms with E-state index in [0.717, 1.165) is 12.1 Å². The van der Waals surface area contributed by atoms with Crippen LogP contribution in [0.2, 0.25) is 0 Å². The molecule has 0 aliphatic rings. The summed E-state index contributed by atoms with van der Waals surface area (Å²) in [7, 11) is 0. The number of hydrogen-bond donors (Lipinski definition) is 2. The summed E-state index contributed by atoms with van der Waals surface area (Å²) in [4.78, 5) is 10.8. The number of ketones is 1. The monoisotopic (exact) mass is 257 g/mol. The molecule has 3 nitrogen and oxygen atoms in total. The molecule has 2 unspecified atom stereocenters. The Bertz CT molecular complexity index is 329. The molecule has 0 spiro atoms. The lowest BCUT2D eigenvalue weighted by Gasteiger charge is -2.17. The number of aliphatic hydroxyl groups is 1. The molecule has 0 fully saturated rings. The number of carbonyl (C=O) groups excluding carboxylic acids is 1. The Morgan fingerprint density at radius 3 is 2.47 bits per heavy atom. The average molecular weight is 258 g/mol. The normalized spacial score (nSPS) is 13.6. The van der Waals surface area contributed by atoms with Crippen LogP contribution in [0.3, 0.4) is 0 Å². The predicted octanol–water partition coefficient (Wildman–Crippen LogP) is -2.34. The SMILES string of the molecule is CC(=O)CC[NH2+]C(C)C(O)c1ccccc1.[Cl-]. The van der Waals surface area contributed by atoms with Gasteiger partial charge < -0.3 is 22.8 Å². The Balaban J connectivity index is 0.00000256.